The Morgan fingerprint density at radius 2 is 1.60 bits per heavy atom. The van der Waals surface area contributed by atoms with E-state index in [9.17, 15) is 0 Å². The van der Waals surface area contributed by atoms with Gasteiger partial charge in [-0.15, -0.1) is 0 Å². The second kappa shape index (κ2) is 2.91. The number of hydrogen-bond acceptors (Lipinski definition) is 0. The molecule has 0 aliphatic carbocycles. The van der Waals surface area contributed by atoms with Crippen LogP contribution in [0.1, 0.15) is 0 Å². The fraction of sp³-hybridized carbons (Fsp3) is 0. The summed E-state index contributed by atoms with van der Waals surface area (Å²) in [6.45, 7) is 0. The van der Waals surface area contributed by atoms with Gasteiger partial charge < -0.3 is 4.40 Å². The van der Waals surface area contributed by atoms with Gasteiger partial charge in [-0.3, -0.25) is 0 Å². The second-order valence-electron chi connectivity index (χ2n) is 2.04. The monoisotopic (exact) mass is 180 g/mol. The Labute approximate surface area is 70.1 Å². The minimum absolute atomic E-state index is 0. The van der Waals surface area contributed by atoms with Gasteiger partial charge in [0, 0.05) is 35.0 Å². The maximum atomic E-state index is 2.08. The Kier molecular flexibility index (Phi) is 2.15. The quantitative estimate of drug-likeness (QED) is 0.546. The first-order valence-electron chi connectivity index (χ1n) is 2.98. The Morgan fingerprint density at radius 1 is 0.900 bits per heavy atom. The van der Waals surface area contributed by atoms with Crippen molar-refractivity contribution in [2.45, 2.75) is 0 Å². The zero-order valence-electron chi connectivity index (χ0n) is 5.29. The Balaban J connectivity index is 0.000000500. The molecule has 2 aromatic heterocycles. The third-order valence-corrected chi connectivity index (χ3v) is 1.44. The van der Waals surface area contributed by atoms with E-state index in [0.717, 1.165) is 0 Å². The number of nitrogens with zero attached hydrogens (tertiary/aromatic N) is 1. The molecule has 0 amide bonds. The molecular formula is C8H7CuN. The fourth-order valence-corrected chi connectivity index (χ4v) is 0.980. The molecule has 2 heteroatoms. The molecule has 0 spiro atoms. The molecule has 0 bridgehead atoms. The van der Waals surface area contributed by atoms with Crippen molar-refractivity contribution in [3.8, 4) is 0 Å². The van der Waals surface area contributed by atoms with E-state index in [0.29, 0.717) is 0 Å². The van der Waals surface area contributed by atoms with Gasteiger partial charge in [0.25, 0.3) is 0 Å². The zero-order valence-corrected chi connectivity index (χ0v) is 6.23. The molecular weight excluding hydrogens is 174 g/mol. The predicted octanol–water partition coefficient (Wildman–Crippen LogP) is 1.94. The molecule has 2 aromatic rings. The maximum Gasteiger partial charge on any atom is 0.0449 e. The molecule has 0 saturated carbocycles. The molecule has 1 nitrogen and oxygen atoms in total. The summed E-state index contributed by atoms with van der Waals surface area (Å²) in [5, 5.41) is 0. The molecule has 0 N–H and O–H groups in total. The average Bonchev–Trinajstić information content (AvgIpc) is 2.33. The average molecular weight is 181 g/mol. The molecule has 1 radical (unpaired) electrons. The third kappa shape index (κ3) is 1.08. The molecule has 0 saturated heterocycles. The van der Waals surface area contributed by atoms with Gasteiger partial charge in [-0.25, -0.2) is 0 Å². The van der Waals surface area contributed by atoms with Crippen LogP contribution in [0.25, 0.3) is 5.52 Å². The molecule has 2 rings (SSSR count). The number of aromatic nitrogens is 1. The summed E-state index contributed by atoms with van der Waals surface area (Å²) in [4.78, 5) is 0. The minimum Gasteiger partial charge on any atom is -0.324 e. The first kappa shape index (κ1) is 7.39. The smallest absolute Gasteiger partial charge is 0.0449 e. The second-order valence-corrected chi connectivity index (χ2v) is 2.04. The van der Waals surface area contributed by atoms with Crippen molar-refractivity contribution < 1.29 is 17.1 Å². The van der Waals surface area contributed by atoms with Crippen LogP contribution >= 0.6 is 0 Å². The van der Waals surface area contributed by atoms with Crippen LogP contribution in [-0.4, -0.2) is 4.40 Å². The van der Waals surface area contributed by atoms with Gasteiger partial charge in [0.1, 0.15) is 0 Å². The van der Waals surface area contributed by atoms with E-state index < -0.39 is 0 Å². The number of hydrogen-bond donors (Lipinski definition) is 0. The van der Waals surface area contributed by atoms with Crippen LogP contribution in [0.3, 0.4) is 0 Å². The van der Waals surface area contributed by atoms with E-state index in [1.54, 1.807) is 0 Å². The number of fused-ring (bicyclic) bond motifs is 1. The number of rotatable bonds is 0. The van der Waals surface area contributed by atoms with Gasteiger partial charge >= 0.3 is 0 Å². The molecule has 0 aromatic carbocycles. The van der Waals surface area contributed by atoms with E-state index in [-0.39, 0.29) is 17.1 Å². The Morgan fingerprint density at radius 3 is 2.40 bits per heavy atom. The molecule has 0 aliphatic rings. The summed E-state index contributed by atoms with van der Waals surface area (Å²) in [5.41, 5.74) is 1.25. The van der Waals surface area contributed by atoms with E-state index in [2.05, 4.69) is 16.5 Å². The minimum atomic E-state index is 0. The van der Waals surface area contributed by atoms with Crippen LogP contribution in [-0.2, 0) is 17.1 Å². The van der Waals surface area contributed by atoms with Crippen LogP contribution in [0.4, 0.5) is 0 Å². The first-order chi connectivity index (χ1) is 4.47. The van der Waals surface area contributed by atoms with Crippen LogP contribution in [0, 0.1) is 0 Å². The van der Waals surface area contributed by atoms with Crippen molar-refractivity contribution in [3.63, 3.8) is 0 Å². The Bertz CT molecular complexity index is 283. The Hall–Kier alpha value is -0.721. The summed E-state index contributed by atoms with van der Waals surface area (Å²) in [6, 6.07) is 10.3. The van der Waals surface area contributed by atoms with Crippen molar-refractivity contribution >= 4 is 5.52 Å². The predicted molar refractivity (Wildman–Crippen MR) is 37.4 cm³/mol. The first-order valence-corrected chi connectivity index (χ1v) is 2.98. The molecule has 0 unspecified atom stereocenters. The van der Waals surface area contributed by atoms with Crippen LogP contribution < -0.4 is 0 Å². The zero-order chi connectivity index (χ0) is 6.10. The van der Waals surface area contributed by atoms with Crippen LogP contribution in [0.5, 0.6) is 0 Å². The van der Waals surface area contributed by atoms with Gasteiger partial charge in [0.15, 0.2) is 0 Å². The summed E-state index contributed by atoms with van der Waals surface area (Å²) in [5.74, 6) is 0. The van der Waals surface area contributed by atoms with Gasteiger partial charge in [-0.2, -0.15) is 0 Å². The van der Waals surface area contributed by atoms with Gasteiger partial charge in [-0.1, -0.05) is 6.07 Å². The summed E-state index contributed by atoms with van der Waals surface area (Å²) in [7, 11) is 0. The van der Waals surface area contributed by atoms with Gasteiger partial charge in [0.05, 0.1) is 0 Å². The van der Waals surface area contributed by atoms with Crippen molar-refractivity contribution in [1.82, 2.24) is 4.40 Å². The van der Waals surface area contributed by atoms with E-state index in [1.807, 2.05) is 30.6 Å². The van der Waals surface area contributed by atoms with Crippen LogP contribution in [0.2, 0.25) is 0 Å². The van der Waals surface area contributed by atoms with Crippen molar-refractivity contribution in [1.29, 1.82) is 0 Å². The van der Waals surface area contributed by atoms with Crippen molar-refractivity contribution in [2.75, 3.05) is 0 Å². The molecule has 55 valence electrons. The summed E-state index contributed by atoms with van der Waals surface area (Å²) >= 11 is 0. The molecule has 0 atom stereocenters. The van der Waals surface area contributed by atoms with E-state index >= 15 is 0 Å². The maximum absolute atomic E-state index is 2.08. The van der Waals surface area contributed by atoms with Crippen LogP contribution in [0.15, 0.2) is 42.7 Å². The van der Waals surface area contributed by atoms with E-state index in [4.69, 9.17) is 0 Å². The topological polar surface area (TPSA) is 4.41 Å². The molecule has 0 aliphatic heterocycles. The standard InChI is InChI=1S/C8H7N.Cu/c1-2-6-9-7-3-5-8(9)4-1;/h1-7H;. The third-order valence-electron chi connectivity index (χ3n) is 1.44. The summed E-state index contributed by atoms with van der Waals surface area (Å²) < 4.78 is 2.08. The number of pyridine rings is 1. The largest absolute Gasteiger partial charge is 0.324 e. The normalized spacial score (nSPS) is 9.20. The van der Waals surface area contributed by atoms with Gasteiger partial charge in [-0.05, 0) is 24.3 Å². The van der Waals surface area contributed by atoms with Gasteiger partial charge in [0.2, 0.25) is 0 Å². The molecule has 0 fully saturated rings. The summed E-state index contributed by atoms with van der Waals surface area (Å²) in [6.07, 6.45) is 4.07. The van der Waals surface area contributed by atoms with E-state index in [1.165, 1.54) is 5.52 Å². The van der Waals surface area contributed by atoms with Crippen molar-refractivity contribution in [2.24, 2.45) is 0 Å². The fourth-order valence-electron chi connectivity index (χ4n) is 0.980. The molecule has 2 heterocycles. The SMILES string of the molecule is [Cu].c1ccn2cccc2c1. The van der Waals surface area contributed by atoms with Crippen molar-refractivity contribution in [3.05, 3.63) is 42.7 Å². The molecule has 10 heavy (non-hydrogen) atoms.